The van der Waals surface area contributed by atoms with Gasteiger partial charge in [0, 0.05) is 44.3 Å². The quantitative estimate of drug-likeness (QED) is 0.620. The molecule has 1 saturated carbocycles. The molecule has 1 saturated heterocycles. The number of piperazine rings is 1. The average Bonchev–Trinajstić information content (AvgIpc) is 2.94. The number of carboxylic acids is 2. The summed E-state index contributed by atoms with van der Waals surface area (Å²) in [6, 6.07) is 7.98. The van der Waals surface area contributed by atoms with Crippen molar-refractivity contribution in [2.45, 2.75) is 51.1 Å². The highest BCUT2D eigenvalue weighted by molar-refractivity contribution is 6.27. The van der Waals surface area contributed by atoms with E-state index < -0.39 is 11.9 Å². The molecule has 0 spiro atoms. The molecule has 150 valence electrons. The molecule has 0 atom stereocenters. The molecule has 0 bridgehead atoms. The molecule has 0 unspecified atom stereocenters. The maximum Gasteiger partial charge on any atom is 0.414 e. The number of carbonyl (C=O) groups is 2. The zero-order valence-corrected chi connectivity index (χ0v) is 15.6. The summed E-state index contributed by atoms with van der Waals surface area (Å²) in [5, 5.41) is 14.8. The van der Waals surface area contributed by atoms with Gasteiger partial charge in [-0.05, 0) is 18.9 Å². The van der Waals surface area contributed by atoms with Gasteiger partial charge in [-0.25, -0.2) is 14.0 Å². The standard InChI is InChI=1S/C18H27FN2.C2H2O4/c19-18-10-6-5-7-16(18)15-20-11-13-21(14-12-20)17-8-3-1-2-4-9-17;3-1(4)2(5)6/h5-7,10,17H,1-4,8-9,11-15H2;(H,3,4)(H,5,6). The maximum atomic E-state index is 13.7. The normalized spacial score (nSPS) is 19.6. The van der Waals surface area contributed by atoms with Crippen LogP contribution in [0.1, 0.15) is 44.1 Å². The Morgan fingerprint density at radius 3 is 2.00 bits per heavy atom. The molecule has 27 heavy (non-hydrogen) atoms. The molecule has 2 fully saturated rings. The van der Waals surface area contributed by atoms with E-state index >= 15 is 0 Å². The third-order valence-corrected chi connectivity index (χ3v) is 5.28. The number of aliphatic carboxylic acids is 2. The Labute approximate surface area is 159 Å². The van der Waals surface area contributed by atoms with E-state index in [9.17, 15) is 4.39 Å². The predicted octanol–water partition coefficient (Wildman–Crippen LogP) is 2.82. The highest BCUT2D eigenvalue weighted by Gasteiger charge is 2.24. The minimum absolute atomic E-state index is 0.0660. The number of nitrogens with zero attached hydrogens (tertiary/aromatic N) is 2. The van der Waals surface area contributed by atoms with Crippen molar-refractivity contribution in [2.75, 3.05) is 26.2 Å². The summed E-state index contributed by atoms with van der Waals surface area (Å²) in [7, 11) is 0. The van der Waals surface area contributed by atoms with Crippen molar-refractivity contribution in [3.8, 4) is 0 Å². The van der Waals surface area contributed by atoms with Gasteiger partial charge in [-0.2, -0.15) is 0 Å². The number of hydrogen-bond acceptors (Lipinski definition) is 4. The molecule has 0 amide bonds. The smallest absolute Gasteiger partial charge is 0.414 e. The molecule has 3 rings (SSSR count). The van der Waals surface area contributed by atoms with Gasteiger partial charge in [0.25, 0.3) is 0 Å². The number of halogens is 1. The van der Waals surface area contributed by atoms with Gasteiger partial charge in [-0.15, -0.1) is 0 Å². The Hall–Kier alpha value is -1.99. The predicted molar refractivity (Wildman–Crippen MR) is 100 cm³/mol. The van der Waals surface area contributed by atoms with Crippen molar-refractivity contribution in [2.24, 2.45) is 0 Å². The van der Waals surface area contributed by atoms with Gasteiger partial charge < -0.3 is 10.2 Å². The fourth-order valence-corrected chi connectivity index (χ4v) is 3.78. The van der Waals surface area contributed by atoms with Gasteiger partial charge in [-0.3, -0.25) is 9.80 Å². The fraction of sp³-hybridized carbons (Fsp3) is 0.600. The lowest BCUT2D eigenvalue weighted by Crippen LogP contribution is -2.49. The highest BCUT2D eigenvalue weighted by Crippen LogP contribution is 2.23. The second kappa shape index (κ2) is 11.0. The minimum atomic E-state index is -1.82. The lowest BCUT2D eigenvalue weighted by Gasteiger charge is -2.39. The van der Waals surface area contributed by atoms with E-state index in [1.165, 1.54) is 38.5 Å². The van der Waals surface area contributed by atoms with Crippen LogP contribution in [0.3, 0.4) is 0 Å². The summed E-state index contributed by atoms with van der Waals surface area (Å²) in [4.78, 5) is 23.3. The Balaban J connectivity index is 0.000000380. The second-order valence-corrected chi connectivity index (χ2v) is 7.16. The molecule has 2 N–H and O–H groups in total. The third-order valence-electron chi connectivity index (χ3n) is 5.28. The molecule has 1 heterocycles. The van der Waals surface area contributed by atoms with Crippen LogP contribution in [0.5, 0.6) is 0 Å². The Bertz CT molecular complexity index is 598. The van der Waals surface area contributed by atoms with E-state index in [-0.39, 0.29) is 5.82 Å². The van der Waals surface area contributed by atoms with Crippen molar-refractivity contribution < 1.29 is 24.2 Å². The van der Waals surface area contributed by atoms with E-state index in [1.54, 1.807) is 12.1 Å². The summed E-state index contributed by atoms with van der Waals surface area (Å²) in [5.41, 5.74) is 0.834. The van der Waals surface area contributed by atoms with Crippen molar-refractivity contribution in [3.63, 3.8) is 0 Å². The number of carboxylic acid groups (broad SMARTS) is 2. The van der Waals surface area contributed by atoms with Crippen LogP contribution in [0.15, 0.2) is 24.3 Å². The number of rotatable bonds is 3. The molecular weight excluding hydrogens is 351 g/mol. The van der Waals surface area contributed by atoms with E-state index in [4.69, 9.17) is 19.8 Å². The first-order valence-corrected chi connectivity index (χ1v) is 9.63. The van der Waals surface area contributed by atoms with Gasteiger partial charge >= 0.3 is 11.9 Å². The third kappa shape index (κ3) is 7.27. The molecule has 1 aliphatic heterocycles. The van der Waals surface area contributed by atoms with Crippen LogP contribution in [-0.4, -0.2) is 64.2 Å². The Morgan fingerprint density at radius 1 is 0.926 bits per heavy atom. The summed E-state index contributed by atoms with van der Waals surface area (Å²) in [6.07, 6.45) is 8.41. The molecule has 6 nitrogen and oxygen atoms in total. The van der Waals surface area contributed by atoms with Crippen LogP contribution in [0.4, 0.5) is 4.39 Å². The largest absolute Gasteiger partial charge is 0.473 e. The van der Waals surface area contributed by atoms with Crippen LogP contribution in [0, 0.1) is 5.82 Å². The van der Waals surface area contributed by atoms with E-state index in [0.29, 0.717) is 0 Å². The fourth-order valence-electron chi connectivity index (χ4n) is 3.78. The number of benzene rings is 1. The molecule has 0 aromatic heterocycles. The molecule has 0 radical (unpaired) electrons. The van der Waals surface area contributed by atoms with Crippen molar-refractivity contribution in [1.29, 1.82) is 0 Å². The summed E-state index contributed by atoms with van der Waals surface area (Å²) in [6.45, 7) is 5.21. The molecule has 1 aliphatic carbocycles. The van der Waals surface area contributed by atoms with Gasteiger partial charge in [0.15, 0.2) is 0 Å². The number of hydrogen-bond donors (Lipinski definition) is 2. The van der Waals surface area contributed by atoms with Crippen LogP contribution in [-0.2, 0) is 16.1 Å². The summed E-state index contributed by atoms with van der Waals surface area (Å²) in [5.74, 6) is -3.71. The summed E-state index contributed by atoms with van der Waals surface area (Å²) < 4.78 is 13.7. The first-order valence-electron chi connectivity index (χ1n) is 9.63. The average molecular weight is 380 g/mol. The Morgan fingerprint density at radius 2 is 1.48 bits per heavy atom. The monoisotopic (exact) mass is 380 g/mol. The van der Waals surface area contributed by atoms with Gasteiger partial charge in [0.2, 0.25) is 0 Å². The van der Waals surface area contributed by atoms with E-state index in [2.05, 4.69) is 9.80 Å². The van der Waals surface area contributed by atoms with Gasteiger partial charge in [-0.1, -0.05) is 43.9 Å². The zero-order chi connectivity index (χ0) is 19.6. The van der Waals surface area contributed by atoms with Crippen molar-refractivity contribution >= 4 is 11.9 Å². The van der Waals surface area contributed by atoms with E-state index in [1.807, 2.05) is 12.1 Å². The first kappa shape index (κ1) is 21.3. The second-order valence-electron chi connectivity index (χ2n) is 7.16. The highest BCUT2D eigenvalue weighted by atomic mass is 19.1. The topological polar surface area (TPSA) is 81.1 Å². The molecule has 7 heteroatoms. The lowest BCUT2D eigenvalue weighted by molar-refractivity contribution is -0.159. The van der Waals surface area contributed by atoms with E-state index in [0.717, 1.165) is 44.3 Å². The maximum absolute atomic E-state index is 13.7. The van der Waals surface area contributed by atoms with Crippen molar-refractivity contribution in [1.82, 2.24) is 9.80 Å². The molecule has 2 aliphatic rings. The zero-order valence-electron chi connectivity index (χ0n) is 15.6. The van der Waals surface area contributed by atoms with Crippen LogP contribution in [0.2, 0.25) is 0 Å². The van der Waals surface area contributed by atoms with Gasteiger partial charge in [0.05, 0.1) is 0 Å². The van der Waals surface area contributed by atoms with Crippen LogP contribution >= 0.6 is 0 Å². The Kier molecular flexibility index (Phi) is 8.67. The minimum Gasteiger partial charge on any atom is -0.473 e. The van der Waals surface area contributed by atoms with Crippen LogP contribution < -0.4 is 0 Å². The van der Waals surface area contributed by atoms with Crippen LogP contribution in [0.25, 0.3) is 0 Å². The lowest BCUT2D eigenvalue weighted by atomic mass is 10.1. The van der Waals surface area contributed by atoms with Gasteiger partial charge in [0.1, 0.15) is 5.82 Å². The van der Waals surface area contributed by atoms with Crippen molar-refractivity contribution in [3.05, 3.63) is 35.6 Å². The first-order chi connectivity index (χ1) is 13.0. The molecule has 1 aromatic rings. The molecular formula is C20H29FN2O4. The summed E-state index contributed by atoms with van der Waals surface area (Å²) >= 11 is 0. The molecule has 1 aromatic carbocycles. The SMILES string of the molecule is Fc1ccccc1CN1CCN(C2CCCCCC2)CC1.O=C(O)C(=O)O.